The molecule has 8 heteroatoms. The lowest BCUT2D eigenvalue weighted by Crippen LogP contribution is -2.47. The summed E-state index contributed by atoms with van der Waals surface area (Å²) in [7, 11) is 0. The second kappa shape index (κ2) is 7.83. The Hall–Kier alpha value is -3.55. The lowest BCUT2D eigenvalue weighted by Gasteiger charge is -2.36. The van der Waals surface area contributed by atoms with Gasteiger partial charge in [-0.2, -0.15) is 0 Å². The second-order valence-electron chi connectivity index (χ2n) is 7.77. The van der Waals surface area contributed by atoms with Gasteiger partial charge in [0, 0.05) is 24.2 Å². The Labute approximate surface area is 167 Å². The number of nitrogens with zero attached hydrogens (tertiary/aromatic N) is 4. The minimum absolute atomic E-state index is 0.139. The molecule has 0 N–H and O–H groups in total. The summed E-state index contributed by atoms with van der Waals surface area (Å²) in [5.41, 5.74) is 0.227. The van der Waals surface area contributed by atoms with E-state index in [9.17, 15) is 19.7 Å². The first kappa shape index (κ1) is 20.2. The summed E-state index contributed by atoms with van der Waals surface area (Å²) < 4.78 is 1.24. The molecule has 0 saturated carbocycles. The van der Waals surface area contributed by atoms with Gasteiger partial charge >= 0.3 is 0 Å². The van der Waals surface area contributed by atoms with Crippen molar-refractivity contribution in [2.45, 2.75) is 39.4 Å². The smallest absolute Gasteiger partial charge is 0.271 e. The topological polar surface area (TPSA) is 98.3 Å². The number of nitro groups is 1. The van der Waals surface area contributed by atoms with Crippen LogP contribution in [0.4, 0.5) is 5.69 Å². The fraction of sp³-hybridized carbons (Fsp3) is 0.286. The molecule has 2 aromatic carbocycles. The summed E-state index contributed by atoms with van der Waals surface area (Å²) in [4.78, 5) is 42.0. The van der Waals surface area contributed by atoms with Gasteiger partial charge in [-0.05, 0) is 32.4 Å². The quantitative estimate of drug-likeness (QED) is 0.489. The summed E-state index contributed by atoms with van der Waals surface area (Å²) in [5.74, 6) is -0.216. The SMILES string of the molecule is CC(C)(C)N(Cc1ccccc1)C(=O)Cn1cnc2cc([N+](=O)[O-])ccc2c1=O. The predicted octanol–water partition coefficient (Wildman–Crippen LogP) is 3.13. The zero-order chi connectivity index (χ0) is 21.2. The van der Waals surface area contributed by atoms with Gasteiger partial charge in [-0.25, -0.2) is 4.98 Å². The number of carbonyl (C=O) groups is 1. The van der Waals surface area contributed by atoms with Gasteiger partial charge in [0.05, 0.1) is 22.2 Å². The Balaban J connectivity index is 1.90. The zero-order valence-corrected chi connectivity index (χ0v) is 16.5. The molecule has 0 aliphatic carbocycles. The third-order valence-electron chi connectivity index (χ3n) is 4.62. The molecule has 3 rings (SSSR count). The molecule has 0 spiro atoms. The first-order valence-corrected chi connectivity index (χ1v) is 9.15. The molecule has 0 saturated heterocycles. The fourth-order valence-electron chi connectivity index (χ4n) is 3.07. The number of fused-ring (bicyclic) bond motifs is 1. The van der Waals surface area contributed by atoms with Gasteiger partial charge in [0.15, 0.2) is 0 Å². The van der Waals surface area contributed by atoms with E-state index in [-0.39, 0.29) is 29.0 Å². The van der Waals surface area contributed by atoms with E-state index in [1.54, 1.807) is 4.90 Å². The van der Waals surface area contributed by atoms with Crippen LogP contribution >= 0.6 is 0 Å². The number of aromatic nitrogens is 2. The van der Waals surface area contributed by atoms with Gasteiger partial charge in [0.2, 0.25) is 5.91 Å². The van der Waals surface area contributed by atoms with Crippen molar-refractivity contribution < 1.29 is 9.72 Å². The maximum atomic E-state index is 13.0. The van der Waals surface area contributed by atoms with E-state index >= 15 is 0 Å². The summed E-state index contributed by atoms with van der Waals surface area (Å²) in [6.07, 6.45) is 1.26. The van der Waals surface area contributed by atoms with E-state index in [1.807, 2.05) is 51.1 Å². The monoisotopic (exact) mass is 394 g/mol. The highest BCUT2D eigenvalue weighted by Gasteiger charge is 2.27. The molecule has 29 heavy (non-hydrogen) atoms. The van der Waals surface area contributed by atoms with Gasteiger partial charge in [-0.1, -0.05) is 30.3 Å². The standard InChI is InChI=1S/C21H22N4O4/c1-21(2,3)24(12-15-7-5-4-6-8-15)19(26)13-23-14-22-18-11-16(25(28)29)9-10-17(18)20(23)27/h4-11,14H,12-13H2,1-3H3. The largest absolute Gasteiger partial charge is 0.332 e. The highest BCUT2D eigenvalue weighted by molar-refractivity contribution is 5.81. The molecule has 1 aromatic heterocycles. The number of hydrogen-bond acceptors (Lipinski definition) is 5. The van der Waals surface area contributed by atoms with Crippen molar-refractivity contribution in [2.24, 2.45) is 0 Å². The number of non-ortho nitro benzene ring substituents is 1. The molecule has 150 valence electrons. The van der Waals surface area contributed by atoms with Crippen molar-refractivity contribution in [3.63, 3.8) is 0 Å². The first-order chi connectivity index (χ1) is 13.7. The third kappa shape index (κ3) is 4.48. The lowest BCUT2D eigenvalue weighted by atomic mass is 10.0. The summed E-state index contributed by atoms with van der Waals surface area (Å²) in [6, 6.07) is 13.5. The van der Waals surface area contributed by atoms with E-state index in [2.05, 4.69) is 4.98 Å². The molecule has 0 unspecified atom stereocenters. The number of amides is 1. The molecule has 0 aliphatic rings. The van der Waals surface area contributed by atoms with Crippen LogP contribution in [-0.4, -0.2) is 30.8 Å². The molecule has 1 amide bonds. The van der Waals surface area contributed by atoms with Crippen molar-refractivity contribution in [1.29, 1.82) is 0 Å². The van der Waals surface area contributed by atoms with E-state index in [1.165, 1.54) is 29.1 Å². The summed E-state index contributed by atoms with van der Waals surface area (Å²) in [6.45, 7) is 6.07. The van der Waals surface area contributed by atoms with Crippen LogP contribution < -0.4 is 5.56 Å². The average molecular weight is 394 g/mol. The van der Waals surface area contributed by atoms with Crippen LogP contribution in [-0.2, 0) is 17.9 Å². The highest BCUT2D eigenvalue weighted by Crippen LogP contribution is 2.19. The van der Waals surface area contributed by atoms with Crippen LogP contribution in [0.3, 0.4) is 0 Å². The molecule has 1 heterocycles. The molecular weight excluding hydrogens is 372 g/mol. The highest BCUT2D eigenvalue weighted by atomic mass is 16.6. The molecule has 8 nitrogen and oxygen atoms in total. The van der Waals surface area contributed by atoms with Gasteiger partial charge < -0.3 is 4.90 Å². The molecular formula is C21H22N4O4. The number of hydrogen-bond donors (Lipinski definition) is 0. The van der Waals surface area contributed by atoms with Crippen LogP contribution in [0.1, 0.15) is 26.3 Å². The second-order valence-corrected chi connectivity index (χ2v) is 7.77. The van der Waals surface area contributed by atoms with Crippen molar-refractivity contribution in [3.05, 3.63) is 80.9 Å². The Morgan fingerprint density at radius 1 is 1.17 bits per heavy atom. The average Bonchev–Trinajstić information content (AvgIpc) is 2.67. The summed E-state index contributed by atoms with van der Waals surface area (Å²) >= 11 is 0. The van der Waals surface area contributed by atoms with Crippen LogP contribution in [0.25, 0.3) is 10.9 Å². The Morgan fingerprint density at radius 2 is 1.86 bits per heavy atom. The Kier molecular flexibility index (Phi) is 5.45. The predicted molar refractivity (Wildman–Crippen MR) is 109 cm³/mol. The normalized spacial score (nSPS) is 11.4. The number of nitro benzene ring substituents is 1. The van der Waals surface area contributed by atoms with Gasteiger partial charge in [-0.15, -0.1) is 0 Å². The molecule has 3 aromatic rings. The molecule has 0 radical (unpaired) electrons. The minimum atomic E-state index is -0.541. The fourth-order valence-corrected chi connectivity index (χ4v) is 3.07. The van der Waals surface area contributed by atoms with E-state index in [0.717, 1.165) is 5.56 Å². The van der Waals surface area contributed by atoms with Crippen LogP contribution in [0.15, 0.2) is 59.7 Å². The molecule has 0 atom stereocenters. The van der Waals surface area contributed by atoms with E-state index in [0.29, 0.717) is 6.54 Å². The van der Waals surface area contributed by atoms with E-state index in [4.69, 9.17) is 0 Å². The van der Waals surface area contributed by atoms with Crippen LogP contribution in [0.5, 0.6) is 0 Å². The third-order valence-corrected chi connectivity index (χ3v) is 4.62. The number of benzene rings is 2. The Morgan fingerprint density at radius 3 is 2.48 bits per heavy atom. The van der Waals surface area contributed by atoms with Crippen molar-refractivity contribution in [2.75, 3.05) is 0 Å². The van der Waals surface area contributed by atoms with E-state index < -0.39 is 16.0 Å². The van der Waals surface area contributed by atoms with Gasteiger partial charge in [0.25, 0.3) is 11.2 Å². The van der Waals surface area contributed by atoms with Crippen molar-refractivity contribution >= 4 is 22.5 Å². The lowest BCUT2D eigenvalue weighted by molar-refractivity contribution is -0.384. The van der Waals surface area contributed by atoms with Gasteiger partial charge in [-0.3, -0.25) is 24.3 Å². The van der Waals surface area contributed by atoms with Gasteiger partial charge in [0.1, 0.15) is 6.54 Å². The summed E-state index contributed by atoms with van der Waals surface area (Å²) in [5, 5.41) is 11.1. The van der Waals surface area contributed by atoms with Crippen molar-refractivity contribution in [3.8, 4) is 0 Å². The maximum absolute atomic E-state index is 13.0. The maximum Gasteiger partial charge on any atom is 0.271 e. The number of rotatable bonds is 5. The zero-order valence-electron chi connectivity index (χ0n) is 16.5. The van der Waals surface area contributed by atoms with Crippen LogP contribution in [0.2, 0.25) is 0 Å². The van der Waals surface area contributed by atoms with Crippen molar-refractivity contribution in [1.82, 2.24) is 14.5 Å². The molecule has 0 fully saturated rings. The first-order valence-electron chi connectivity index (χ1n) is 9.15. The molecule has 0 bridgehead atoms. The Bertz CT molecular complexity index is 1120. The molecule has 0 aliphatic heterocycles. The minimum Gasteiger partial charge on any atom is -0.332 e. The van der Waals surface area contributed by atoms with Crippen LogP contribution in [0, 0.1) is 10.1 Å². The number of carbonyl (C=O) groups excluding carboxylic acids is 1.